The summed E-state index contributed by atoms with van der Waals surface area (Å²) in [6.45, 7) is 7.41. The van der Waals surface area contributed by atoms with Crippen molar-refractivity contribution >= 4 is 11.9 Å². The molecule has 1 aliphatic carbocycles. The quantitative estimate of drug-likeness (QED) is 0.499. The molecule has 3 heterocycles. The predicted molar refractivity (Wildman–Crippen MR) is 133 cm³/mol. The molecule has 8 heteroatoms. The first-order chi connectivity index (χ1) is 16.7. The van der Waals surface area contributed by atoms with Gasteiger partial charge < -0.3 is 14.5 Å². The first kappa shape index (κ1) is 25.3. The molecule has 6 nitrogen and oxygen atoms in total. The highest BCUT2D eigenvalue weighted by molar-refractivity contribution is 5.69. The fourth-order valence-corrected chi connectivity index (χ4v) is 4.85. The highest BCUT2D eigenvalue weighted by Crippen LogP contribution is 2.31. The number of hydrogen-bond donors (Lipinski definition) is 0. The summed E-state index contributed by atoms with van der Waals surface area (Å²) in [5, 5.41) is 0. The van der Waals surface area contributed by atoms with Crippen LogP contribution in [0.3, 0.4) is 0 Å². The molecule has 35 heavy (non-hydrogen) atoms. The highest BCUT2D eigenvalue weighted by atomic mass is 19.3. The predicted octanol–water partition coefficient (Wildman–Crippen LogP) is 6.26. The minimum Gasteiger partial charge on any atom is -0.444 e. The number of hydrogen-bond acceptors (Lipinski definition) is 5. The molecule has 2 aromatic heterocycles. The number of pyridine rings is 2. The zero-order valence-corrected chi connectivity index (χ0v) is 21.0. The fraction of sp³-hybridized carbons (Fsp3) is 0.593. The number of rotatable bonds is 5. The Morgan fingerprint density at radius 1 is 1.09 bits per heavy atom. The van der Waals surface area contributed by atoms with Crippen LogP contribution >= 0.6 is 0 Å². The van der Waals surface area contributed by atoms with E-state index in [0.717, 1.165) is 17.7 Å². The van der Waals surface area contributed by atoms with Crippen LogP contribution in [-0.2, 0) is 11.2 Å². The van der Waals surface area contributed by atoms with Gasteiger partial charge in [-0.05, 0) is 57.4 Å². The summed E-state index contributed by atoms with van der Waals surface area (Å²) >= 11 is 0. The number of alkyl halides is 2. The van der Waals surface area contributed by atoms with Crippen LogP contribution in [-0.4, -0.2) is 52.7 Å². The van der Waals surface area contributed by atoms with E-state index in [2.05, 4.69) is 4.98 Å². The number of halogens is 2. The van der Waals surface area contributed by atoms with Crippen LogP contribution in [0.15, 0.2) is 30.5 Å². The zero-order chi connectivity index (χ0) is 25.0. The molecule has 0 atom stereocenters. The molecule has 1 aliphatic heterocycles. The molecule has 0 spiro atoms. The number of carbonyl (C=O) groups is 1. The Labute approximate surface area is 206 Å². The van der Waals surface area contributed by atoms with E-state index in [-0.39, 0.29) is 11.7 Å². The average molecular weight is 487 g/mol. The number of nitrogens with zero attached hydrogens (tertiary/aromatic N) is 4. The Balaban J connectivity index is 1.51. The molecule has 0 unspecified atom stereocenters. The van der Waals surface area contributed by atoms with Crippen LogP contribution in [0.25, 0.3) is 11.3 Å². The van der Waals surface area contributed by atoms with Gasteiger partial charge in [0.25, 0.3) is 6.43 Å². The molecule has 1 saturated carbocycles. The summed E-state index contributed by atoms with van der Waals surface area (Å²) in [6.07, 6.45) is 6.03. The van der Waals surface area contributed by atoms with Gasteiger partial charge >= 0.3 is 6.09 Å². The van der Waals surface area contributed by atoms with Gasteiger partial charge in [-0.3, -0.25) is 4.98 Å². The van der Waals surface area contributed by atoms with Crippen LogP contribution in [0.4, 0.5) is 19.4 Å². The van der Waals surface area contributed by atoms with Crippen molar-refractivity contribution in [3.63, 3.8) is 0 Å². The molecule has 1 saturated heterocycles. The van der Waals surface area contributed by atoms with E-state index in [0.29, 0.717) is 43.6 Å². The summed E-state index contributed by atoms with van der Waals surface area (Å²) in [6, 6.07) is 6.77. The van der Waals surface area contributed by atoms with Gasteiger partial charge in [-0.15, -0.1) is 0 Å². The Hall–Kier alpha value is -2.77. The van der Waals surface area contributed by atoms with Crippen molar-refractivity contribution in [3.8, 4) is 11.3 Å². The molecule has 190 valence electrons. The molecule has 2 fully saturated rings. The number of aromatic nitrogens is 2. The normalized spacial score (nSPS) is 17.7. The summed E-state index contributed by atoms with van der Waals surface area (Å²) in [4.78, 5) is 25.3. The summed E-state index contributed by atoms with van der Waals surface area (Å²) in [5.41, 5.74) is 1.72. The summed E-state index contributed by atoms with van der Waals surface area (Å²) in [5.74, 6) is 1.15. The van der Waals surface area contributed by atoms with Gasteiger partial charge in [-0.2, -0.15) is 0 Å². The minimum absolute atomic E-state index is 0.0507. The minimum atomic E-state index is -2.60. The third-order valence-corrected chi connectivity index (χ3v) is 6.68. The van der Waals surface area contributed by atoms with E-state index >= 15 is 0 Å². The first-order valence-electron chi connectivity index (χ1n) is 12.7. The van der Waals surface area contributed by atoms with E-state index in [4.69, 9.17) is 9.72 Å². The molecule has 0 N–H and O–H groups in total. The van der Waals surface area contributed by atoms with Crippen LogP contribution in [0, 0.1) is 5.92 Å². The Morgan fingerprint density at radius 2 is 1.80 bits per heavy atom. The van der Waals surface area contributed by atoms with Crippen molar-refractivity contribution in [1.29, 1.82) is 0 Å². The van der Waals surface area contributed by atoms with Crippen molar-refractivity contribution in [2.24, 2.45) is 5.92 Å². The van der Waals surface area contributed by atoms with E-state index < -0.39 is 12.0 Å². The maximum Gasteiger partial charge on any atom is 0.410 e. The molecule has 4 rings (SSSR count). The Morgan fingerprint density at radius 3 is 2.46 bits per heavy atom. The van der Waals surface area contributed by atoms with Crippen molar-refractivity contribution < 1.29 is 18.3 Å². The van der Waals surface area contributed by atoms with Crippen molar-refractivity contribution in [2.75, 3.05) is 31.1 Å². The van der Waals surface area contributed by atoms with Gasteiger partial charge in [-0.1, -0.05) is 32.1 Å². The third kappa shape index (κ3) is 6.89. The molecular weight excluding hydrogens is 450 g/mol. The van der Waals surface area contributed by atoms with Crippen molar-refractivity contribution in [1.82, 2.24) is 14.9 Å². The van der Waals surface area contributed by atoms with Gasteiger partial charge in [0.1, 0.15) is 11.4 Å². The molecule has 0 bridgehead atoms. The summed E-state index contributed by atoms with van der Waals surface area (Å²) in [7, 11) is 0. The number of ether oxygens (including phenoxy) is 1. The first-order valence-corrected chi connectivity index (χ1v) is 12.7. The molecule has 2 aromatic rings. The number of amides is 1. The van der Waals surface area contributed by atoms with Gasteiger partial charge in [0.05, 0.1) is 5.69 Å². The molecule has 2 aliphatic rings. The SMILES string of the molecule is CC(C)(C)OC(=O)N1CCN(c2cc(C(F)F)cc(-c3ccnc(CC4CCCCC4)c3)n2)CC1. The van der Waals surface area contributed by atoms with E-state index in [1.165, 1.54) is 44.2 Å². The second-order valence-electron chi connectivity index (χ2n) is 10.6. The van der Waals surface area contributed by atoms with Crippen LogP contribution in [0.1, 0.15) is 70.6 Å². The standard InChI is InChI=1S/C27H36F2N4O2/c1-27(2,3)35-26(34)33-13-11-32(12-14-33)24-18-21(25(28)29)17-23(31-24)20-9-10-30-22(16-20)15-19-7-5-4-6-8-19/h9-10,16-19,25H,4-8,11-15H2,1-3H3. The maximum absolute atomic E-state index is 13.8. The Kier molecular flexibility index (Phi) is 7.87. The van der Waals surface area contributed by atoms with Crippen LogP contribution < -0.4 is 4.90 Å². The van der Waals surface area contributed by atoms with Gasteiger partial charge in [0, 0.05) is 49.2 Å². The second kappa shape index (κ2) is 10.9. The van der Waals surface area contributed by atoms with Crippen molar-refractivity contribution in [2.45, 2.75) is 71.3 Å². The fourth-order valence-electron chi connectivity index (χ4n) is 4.85. The average Bonchev–Trinajstić information content (AvgIpc) is 2.83. The lowest BCUT2D eigenvalue weighted by molar-refractivity contribution is 0.0240. The van der Waals surface area contributed by atoms with Gasteiger partial charge in [0.2, 0.25) is 0 Å². The zero-order valence-electron chi connectivity index (χ0n) is 21.0. The molecule has 1 amide bonds. The topological polar surface area (TPSA) is 58.6 Å². The lowest BCUT2D eigenvalue weighted by Gasteiger charge is -2.36. The van der Waals surface area contributed by atoms with E-state index in [1.54, 1.807) is 11.1 Å². The maximum atomic E-state index is 13.8. The van der Waals surface area contributed by atoms with Gasteiger partial charge in [0.15, 0.2) is 0 Å². The van der Waals surface area contributed by atoms with Crippen molar-refractivity contribution in [3.05, 3.63) is 41.7 Å². The third-order valence-electron chi connectivity index (χ3n) is 6.68. The molecule has 0 radical (unpaired) electrons. The summed E-state index contributed by atoms with van der Waals surface area (Å²) < 4.78 is 33.1. The largest absolute Gasteiger partial charge is 0.444 e. The monoisotopic (exact) mass is 486 g/mol. The second-order valence-corrected chi connectivity index (χ2v) is 10.6. The number of anilines is 1. The lowest BCUT2D eigenvalue weighted by Crippen LogP contribution is -2.50. The lowest BCUT2D eigenvalue weighted by atomic mass is 9.86. The van der Waals surface area contributed by atoms with Gasteiger partial charge in [-0.25, -0.2) is 18.6 Å². The van der Waals surface area contributed by atoms with E-state index in [1.807, 2.05) is 37.8 Å². The Bertz CT molecular complexity index is 1010. The highest BCUT2D eigenvalue weighted by Gasteiger charge is 2.27. The molecule has 0 aromatic carbocycles. The molecular formula is C27H36F2N4O2. The van der Waals surface area contributed by atoms with Crippen LogP contribution in [0.2, 0.25) is 0 Å². The van der Waals surface area contributed by atoms with E-state index in [9.17, 15) is 13.6 Å². The smallest absolute Gasteiger partial charge is 0.410 e. The van der Waals surface area contributed by atoms with Crippen LogP contribution in [0.5, 0.6) is 0 Å². The number of carbonyl (C=O) groups excluding carboxylic acids is 1. The number of piperazine rings is 1.